The van der Waals surface area contributed by atoms with Crippen LogP contribution in [0.15, 0.2) is 4.99 Å². The standard InChI is InChI=1S/C18H34F3N5O.HI/c1-4-22-17(23-14-16-6-5-7-25(16)12-13-27-3)26-10-8-24(9-11-26)15(2)18(19,20)21;/h15-16H,4-14H2,1-3H3,(H,22,23);1H. The molecule has 0 aliphatic carbocycles. The lowest BCUT2D eigenvalue weighted by molar-refractivity contribution is -0.181. The SMILES string of the molecule is CCNC(=NCC1CCCN1CCOC)N1CCN(C(C)C(F)(F)F)CC1.I. The molecule has 2 atom stereocenters. The maximum absolute atomic E-state index is 12.9. The van der Waals surface area contributed by atoms with E-state index in [4.69, 9.17) is 9.73 Å². The largest absolute Gasteiger partial charge is 0.403 e. The molecule has 6 nitrogen and oxygen atoms in total. The summed E-state index contributed by atoms with van der Waals surface area (Å²) in [5.41, 5.74) is 0. The van der Waals surface area contributed by atoms with Crippen molar-refractivity contribution in [1.82, 2.24) is 20.0 Å². The Labute approximate surface area is 183 Å². The minimum Gasteiger partial charge on any atom is -0.383 e. The molecular formula is C18H35F3IN5O. The first-order chi connectivity index (χ1) is 12.9. The summed E-state index contributed by atoms with van der Waals surface area (Å²) in [6.45, 7) is 9.34. The van der Waals surface area contributed by atoms with Crippen LogP contribution >= 0.6 is 24.0 Å². The number of halogens is 4. The highest BCUT2D eigenvalue weighted by Gasteiger charge is 2.41. The van der Waals surface area contributed by atoms with Gasteiger partial charge in [0, 0.05) is 52.4 Å². The summed E-state index contributed by atoms with van der Waals surface area (Å²) in [7, 11) is 1.71. The van der Waals surface area contributed by atoms with E-state index in [1.54, 1.807) is 7.11 Å². The van der Waals surface area contributed by atoms with Gasteiger partial charge in [0.25, 0.3) is 0 Å². The Balaban J connectivity index is 0.00000392. The molecule has 2 aliphatic rings. The van der Waals surface area contributed by atoms with Crippen LogP contribution in [0.4, 0.5) is 13.2 Å². The number of aliphatic imine (C=N–C) groups is 1. The minimum atomic E-state index is -4.17. The number of guanidine groups is 1. The quantitative estimate of drug-likeness (QED) is 0.317. The molecule has 2 rings (SSSR count). The maximum Gasteiger partial charge on any atom is 0.403 e. The molecule has 28 heavy (non-hydrogen) atoms. The van der Waals surface area contributed by atoms with Crippen LogP contribution in [0, 0.1) is 0 Å². The number of methoxy groups -OCH3 is 1. The summed E-state index contributed by atoms with van der Waals surface area (Å²) in [4.78, 5) is 10.8. The molecule has 2 aliphatic heterocycles. The van der Waals surface area contributed by atoms with Gasteiger partial charge in [-0.2, -0.15) is 13.2 Å². The molecule has 0 aromatic heterocycles. The number of nitrogens with one attached hydrogen (secondary N) is 1. The van der Waals surface area contributed by atoms with Crippen LogP contribution in [0.1, 0.15) is 26.7 Å². The minimum absolute atomic E-state index is 0. The Hall–Kier alpha value is -0.330. The lowest BCUT2D eigenvalue weighted by Gasteiger charge is -2.39. The molecule has 0 aromatic rings. The van der Waals surface area contributed by atoms with Crippen LogP contribution in [0.5, 0.6) is 0 Å². The van der Waals surface area contributed by atoms with Crippen molar-refractivity contribution in [1.29, 1.82) is 0 Å². The van der Waals surface area contributed by atoms with Gasteiger partial charge < -0.3 is 15.0 Å². The Morgan fingerprint density at radius 1 is 1.21 bits per heavy atom. The molecule has 0 aromatic carbocycles. The van der Waals surface area contributed by atoms with Gasteiger partial charge in [-0.15, -0.1) is 24.0 Å². The zero-order valence-corrected chi connectivity index (χ0v) is 19.5. The normalized spacial score (nSPS) is 23.6. The second-order valence-corrected chi connectivity index (χ2v) is 7.26. The van der Waals surface area contributed by atoms with Gasteiger partial charge in [-0.1, -0.05) is 0 Å². The molecule has 2 fully saturated rings. The number of likely N-dealkylation sites (tertiary alicyclic amines) is 1. The Bertz CT molecular complexity index is 473. The lowest BCUT2D eigenvalue weighted by atomic mass is 10.2. The highest BCUT2D eigenvalue weighted by molar-refractivity contribution is 14.0. The number of hydrogen-bond acceptors (Lipinski definition) is 4. The predicted octanol–water partition coefficient (Wildman–Crippen LogP) is 2.25. The van der Waals surface area contributed by atoms with Crippen LogP contribution < -0.4 is 5.32 Å². The second kappa shape index (κ2) is 12.4. The van der Waals surface area contributed by atoms with Crippen LogP contribution in [-0.4, -0.2) is 105 Å². The molecule has 0 spiro atoms. The Morgan fingerprint density at radius 2 is 1.89 bits per heavy atom. The third-order valence-corrected chi connectivity index (χ3v) is 5.50. The molecule has 166 valence electrons. The average molecular weight is 521 g/mol. The van der Waals surface area contributed by atoms with Crippen molar-refractivity contribution < 1.29 is 17.9 Å². The van der Waals surface area contributed by atoms with E-state index >= 15 is 0 Å². The van der Waals surface area contributed by atoms with E-state index in [0.717, 1.165) is 38.6 Å². The third-order valence-electron chi connectivity index (χ3n) is 5.50. The molecule has 0 amide bonds. The first-order valence-corrected chi connectivity index (χ1v) is 9.93. The number of hydrogen-bond donors (Lipinski definition) is 1. The van der Waals surface area contributed by atoms with Crippen LogP contribution in [-0.2, 0) is 4.74 Å². The summed E-state index contributed by atoms with van der Waals surface area (Å²) >= 11 is 0. The molecule has 10 heteroatoms. The van der Waals surface area contributed by atoms with Crippen molar-refractivity contribution >= 4 is 29.9 Å². The van der Waals surface area contributed by atoms with Gasteiger partial charge in [0.2, 0.25) is 0 Å². The van der Waals surface area contributed by atoms with Gasteiger partial charge in [-0.25, -0.2) is 0 Å². The maximum atomic E-state index is 12.9. The van der Waals surface area contributed by atoms with Gasteiger partial charge in [-0.3, -0.25) is 14.8 Å². The smallest absolute Gasteiger partial charge is 0.383 e. The van der Waals surface area contributed by atoms with Crippen molar-refractivity contribution in [2.45, 2.75) is 44.9 Å². The first kappa shape index (κ1) is 25.7. The molecule has 1 N–H and O–H groups in total. The van der Waals surface area contributed by atoms with Gasteiger partial charge in [0.15, 0.2) is 5.96 Å². The van der Waals surface area contributed by atoms with E-state index in [-0.39, 0.29) is 24.0 Å². The van der Waals surface area contributed by atoms with Gasteiger partial charge >= 0.3 is 6.18 Å². The van der Waals surface area contributed by atoms with E-state index in [1.807, 2.05) is 6.92 Å². The predicted molar refractivity (Wildman–Crippen MR) is 117 cm³/mol. The van der Waals surface area contributed by atoms with Crippen LogP contribution in [0.2, 0.25) is 0 Å². The fourth-order valence-corrected chi connectivity index (χ4v) is 3.75. The number of rotatable bonds is 7. The van der Waals surface area contributed by atoms with Crippen molar-refractivity contribution in [3.05, 3.63) is 0 Å². The van der Waals surface area contributed by atoms with E-state index < -0.39 is 12.2 Å². The third kappa shape index (κ3) is 7.49. The zero-order chi connectivity index (χ0) is 19.9. The van der Waals surface area contributed by atoms with Crippen molar-refractivity contribution in [2.24, 2.45) is 4.99 Å². The number of ether oxygens (including phenoxy) is 1. The van der Waals surface area contributed by atoms with Crippen LogP contribution in [0.25, 0.3) is 0 Å². The highest BCUT2D eigenvalue weighted by Crippen LogP contribution is 2.25. The molecule has 0 radical (unpaired) electrons. The topological polar surface area (TPSA) is 43.3 Å². The van der Waals surface area contributed by atoms with Gasteiger partial charge in [0.05, 0.1) is 13.2 Å². The summed E-state index contributed by atoms with van der Waals surface area (Å²) in [5.74, 6) is 0.815. The molecule has 2 saturated heterocycles. The van der Waals surface area contributed by atoms with E-state index in [9.17, 15) is 13.2 Å². The highest BCUT2D eigenvalue weighted by atomic mass is 127. The summed E-state index contributed by atoms with van der Waals surface area (Å²) in [5, 5.41) is 3.30. The van der Waals surface area contributed by atoms with Gasteiger partial charge in [-0.05, 0) is 33.2 Å². The lowest BCUT2D eigenvalue weighted by Crippen LogP contribution is -2.56. The van der Waals surface area contributed by atoms with Crippen molar-refractivity contribution in [3.63, 3.8) is 0 Å². The monoisotopic (exact) mass is 521 g/mol. The number of piperazine rings is 1. The number of nitrogens with zero attached hydrogens (tertiary/aromatic N) is 4. The van der Waals surface area contributed by atoms with Crippen molar-refractivity contribution in [3.8, 4) is 0 Å². The fourth-order valence-electron chi connectivity index (χ4n) is 3.75. The van der Waals surface area contributed by atoms with Gasteiger partial charge in [0.1, 0.15) is 6.04 Å². The average Bonchev–Trinajstić information content (AvgIpc) is 3.09. The van der Waals surface area contributed by atoms with E-state index in [1.165, 1.54) is 18.2 Å². The molecule has 2 unspecified atom stereocenters. The summed E-state index contributed by atoms with van der Waals surface area (Å²) < 4.78 is 44.0. The molecule has 0 saturated carbocycles. The van der Waals surface area contributed by atoms with Crippen LogP contribution in [0.3, 0.4) is 0 Å². The van der Waals surface area contributed by atoms with E-state index in [0.29, 0.717) is 38.8 Å². The summed E-state index contributed by atoms with van der Waals surface area (Å²) in [6.07, 6.45) is -1.87. The summed E-state index contributed by atoms with van der Waals surface area (Å²) in [6, 6.07) is -0.979. The first-order valence-electron chi connectivity index (χ1n) is 9.93. The Morgan fingerprint density at radius 3 is 2.46 bits per heavy atom. The second-order valence-electron chi connectivity index (χ2n) is 7.26. The molecule has 0 bridgehead atoms. The van der Waals surface area contributed by atoms with Crippen molar-refractivity contribution in [2.75, 3.05) is 66.1 Å². The Kier molecular flexibility index (Phi) is 11.4. The number of alkyl halides is 3. The van der Waals surface area contributed by atoms with E-state index in [2.05, 4.69) is 15.1 Å². The molecule has 2 heterocycles. The fraction of sp³-hybridized carbons (Fsp3) is 0.944. The zero-order valence-electron chi connectivity index (χ0n) is 17.2. The molecular weight excluding hydrogens is 486 g/mol.